The lowest BCUT2D eigenvalue weighted by Gasteiger charge is -2.16. The van der Waals surface area contributed by atoms with Gasteiger partial charge in [-0.05, 0) is 56.8 Å². The van der Waals surface area contributed by atoms with Gasteiger partial charge in [-0.25, -0.2) is 0 Å². The fourth-order valence-electron chi connectivity index (χ4n) is 3.26. The first kappa shape index (κ1) is 13.4. The molecule has 0 aliphatic heterocycles. The van der Waals surface area contributed by atoms with Crippen molar-refractivity contribution in [2.75, 3.05) is 0 Å². The molecule has 3 aliphatic carbocycles. The number of rotatable bonds is 2. The van der Waals surface area contributed by atoms with Gasteiger partial charge in [0.2, 0.25) is 0 Å². The zero-order chi connectivity index (χ0) is 12.8. The fraction of sp³-hybridized carbons (Fsp3) is 0.556. The minimum atomic E-state index is 0.435. The molecule has 1 saturated carbocycles. The second-order valence-corrected chi connectivity index (χ2v) is 5.93. The summed E-state index contributed by atoms with van der Waals surface area (Å²) in [7, 11) is 0. The molecule has 3 rings (SSSR count). The van der Waals surface area contributed by atoms with Gasteiger partial charge in [-0.2, -0.15) is 0 Å². The fourth-order valence-corrected chi connectivity index (χ4v) is 3.26. The van der Waals surface area contributed by atoms with Crippen molar-refractivity contribution >= 4 is 0 Å². The van der Waals surface area contributed by atoms with Crippen LogP contribution in [-0.4, -0.2) is 0 Å². The Labute approximate surface area is 112 Å². The molecule has 3 unspecified atom stereocenters. The SMILES string of the molecule is C=CC12C=CC(CC1)C2.C=CC1CC=CCCC1. The summed E-state index contributed by atoms with van der Waals surface area (Å²) in [6.07, 6.45) is 22.7. The maximum atomic E-state index is 3.86. The Morgan fingerprint density at radius 2 is 2.06 bits per heavy atom. The van der Waals surface area contributed by atoms with Crippen molar-refractivity contribution in [2.45, 2.75) is 44.9 Å². The number of hydrogen-bond acceptors (Lipinski definition) is 0. The molecule has 0 N–H and O–H groups in total. The normalized spacial score (nSPS) is 36.7. The van der Waals surface area contributed by atoms with Crippen LogP contribution in [0.4, 0.5) is 0 Å². The summed E-state index contributed by atoms with van der Waals surface area (Å²) in [5.74, 6) is 1.65. The van der Waals surface area contributed by atoms with Gasteiger partial charge in [0.05, 0.1) is 0 Å². The van der Waals surface area contributed by atoms with Crippen molar-refractivity contribution in [3.63, 3.8) is 0 Å². The highest BCUT2D eigenvalue weighted by molar-refractivity contribution is 5.21. The number of fused-ring (bicyclic) bond motifs is 2. The Bertz CT molecular complexity index is 347. The summed E-state index contributed by atoms with van der Waals surface area (Å²) in [5, 5.41) is 0. The maximum absolute atomic E-state index is 3.86. The Hall–Kier alpha value is -1.04. The molecule has 0 spiro atoms. The van der Waals surface area contributed by atoms with Crippen molar-refractivity contribution in [2.24, 2.45) is 17.3 Å². The number of hydrogen-bond donors (Lipinski definition) is 0. The van der Waals surface area contributed by atoms with Gasteiger partial charge >= 0.3 is 0 Å². The summed E-state index contributed by atoms with van der Waals surface area (Å²) in [6, 6.07) is 0. The summed E-state index contributed by atoms with van der Waals surface area (Å²) in [6.45, 7) is 7.65. The topological polar surface area (TPSA) is 0 Å². The average molecular weight is 242 g/mol. The van der Waals surface area contributed by atoms with E-state index in [9.17, 15) is 0 Å². The minimum absolute atomic E-state index is 0.435. The smallest absolute Gasteiger partial charge is 0.00642 e. The van der Waals surface area contributed by atoms with Gasteiger partial charge in [0.15, 0.2) is 0 Å². The molecule has 0 saturated heterocycles. The van der Waals surface area contributed by atoms with Crippen LogP contribution < -0.4 is 0 Å². The molecule has 1 fully saturated rings. The summed E-state index contributed by atoms with van der Waals surface area (Å²) in [5.41, 5.74) is 0.435. The second kappa shape index (κ2) is 6.22. The molecule has 0 heterocycles. The quantitative estimate of drug-likeness (QED) is 0.565. The van der Waals surface area contributed by atoms with Gasteiger partial charge in [-0.15, -0.1) is 13.2 Å². The van der Waals surface area contributed by atoms with E-state index < -0.39 is 0 Å². The van der Waals surface area contributed by atoms with Crippen LogP contribution in [0.3, 0.4) is 0 Å². The second-order valence-electron chi connectivity index (χ2n) is 5.93. The highest BCUT2D eigenvalue weighted by atomic mass is 14.4. The first-order valence-corrected chi connectivity index (χ1v) is 7.38. The Morgan fingerprint density at radius 3 is 2.56 bits per heavy atom. The zero-order valence-corrected chi connectivity index (χ0v) is 11.5. The zero-order valence-electron chi connectivity index (χ0n) is 11.5. The largest absolute Gasteiger partial charge is 0.103 e. The molecule has 0 nitrogen and oxygen atoms in total. The van der Waals surface area contributed by atoms with Crippen LogP contribution in [0, 0.1) is 17.3 Å². The van der Waals surface area contributed by atoms with Crippen LogP contribution in [0.2, 0.25) is 0 Å². The predicted octanol–water partition coefficient (Wildman–Crippen LogP) is 5.45. The third-order valence-electron chi connectivity index (χ3n) is 4.61. The molecule has 2 bridgehead atoms. The lowest BCUT2D eigenvalue weighted by molar-refractivity contribution is 0.525. The van der Waals surface area contributed by atoms with E-state index in [1.54, 1.807) is 0 Å². The van der Waals surface area contributed by atoms with Crippen molar-refractivity contribution in [1.82, 2.24) is 0 Å². The van der Waals surface area contributed by atoms with E-state index in [-0.39, 0.29) is 0 Å². The highest BCUT2D eigenvalue weighted by Gasteiger charge is 2.37. The molecule has 0 aromatic heterocycles. The standard InChI is InChI=1S/C9H12.C9H14/c1-2-9-5-3-8(7-9)4-6-9;1-2-9-7-5-3-4-6-8-9/h2-3,5,8H,1,4,6-7H2;2-3,5,9H,1,4,6-8H2. The molecule has 3 atom stereocenters. The summed E-state index contributed by atoms with van der Waals surface area (Å²) in [4.78, 5) is 0. The van der Waals surface area contributed by atoms with Crippen LogP contribution in [-0.2, 0) is 0 Å². The monoisotopic (exact) mass is 242 g/mol. The lowest BCUT2D eigenvalue weighted by Crippen LogP contribution is -2.05. The van der Waals surface area contributed by atoms with Crippen molar-refractivity contribution in [1.29, 1.82) is 0 Å². The first-order chi connectivity index (χ1) is 8.78. The molecule has 0 amide bonds. The first-order valence-electron chi connectivity index (χ1n) is 7.38. The molecule has 3 aliphatic rings. The summed E-state index contributed by atoms with van der Waals surface area (Å²) < 4.78 is 0. The minimum Gasteiger partial charge on any atom is -0.103 e. The van der Waals surface area contributed by atoms with E-state index in [2.05, 4.69) is 49.6 Å². The van der Waals surface area contributed by atoms with Gasteiger partial charge in [-0.3, -0.25) is 0 Å². The molecule has 98 valence electrons. The van der Waals surface area contributed by atoms with Gasteiger partial charge < -0.3 is 0 Å². The average Bonchev–Trinajstić information content (AvgIpc) is 2.92. The van der Waals surface area contributed by atoms with E-state index in [1.165, 1.54) is 44.9 Å². The van der Waals surface area contributed by atoms with Crippen molar-refractivity contribution in [3.8, 4) is 0 Å². The van der Waals surface area contributed by atoms with Crippen LogP contribution in [0.5, 0.6) is 0 Å². The summed E-state index contributed by atoms with van der Waals surface area (Å²) >= 11 is 0. The van der Waals surface area contributed by atoms with Crippen molar-refractivity contribution < 1.29 is 0 Å². The predicted molar refractivity (Wildman–Crippen MR) is 80.4 cm³/mol. The Balaban J connectivity index is 0.000000134. The molecule has 0 aromatic rings. The Morgan fingerprint density at radius 1 is 1.17 bits per heavy atom. The lowest BCUT2D eigenvalue weighted by atomic mass is 9.88. The van der Waals surface area contributed by atoms with Gasteiger partial charge in [0, 0.05) is 5.41 Å². The van der Waals surface area contributed by atoms with E-state index in [0.717, 1.165) is 11.8 Å². The Kier molecular flexibility index (Phi) is 4.63. The van der Waals surface area contributed by atoms with E-state index in [1.807, 2.05) is 0 Å². The third-order valence-corrected chi connectivity index (χ3v) is 4.61. The van der Waals surface area contributed by atoms with Gasteiger partial charge in [0.25, 0.3) is 0 Å². The molecule has 0 aromatic carbocycles. The van der Waals surface area contributed by atoms with E-state index in [0.29, 0.717) is 5.41 Å². The number of allylic oxidation sites excluding steroid dienone is 6. The molecule has 0 radical (unpaired) electrons. The van der Waals surface area contributed by atoms with Crippen molar-refractivity contribution in [3.05, 3.63) is 49.6 Å². The molecular formula is C18H26. The van der Waals surface area contributed by atoms with Crippen LogP contribution in [0.15, 0.2) is 49.6 Å². The van der Waals surface area contributed by atoms with Gasteiger partial charge in [0.1, 0.15) is 0 Å². The maximum Gasteiger partial charge on any atom is 0.00642 e. The molecule has 0 heteroatoms. The van der Waals surface area contributed by atoms with E-state index >= 15 is 0 Å². The van der Waals surface area contributed by atoms with E-state index in [4.69, 9.17) is 0 Å². The highest BCUT2D eigenvalue weighted by Crippen LogP contribution is 2.49. The van der Waals surface area contributed by atoms with Gasteiger partial charge in [-0.1, -0.05) is 36.5 Å². The third kappa shape index (κ3) is 3.25. The molecule has 18 heavy (non-hydrogen) atoms. The van der Waals surface area contributed by atoms with Crippen LogP contribution in [0.25, 0.3) is 0 Å². The van der Waals surface area contributed by atoms with Crippen LogP contribution >= 0.6 is 0 Å². The van der Waals surface area contributed by atoms with Crippen LogP contribution in [0.1, 0.15) is 44.9 Å². The molecular weight excluding hydrogens is 216 g/mol.